The minimum absolute atomic E-state index is 0.0122. The van der Waals surface area contributed by atoms with Crippen molar-refractivity contribution in [3.63, 3.8) is 0 Å². The van der Waals surface area contributed by atoms with Crippen LogP contribution in [0.2, 0.25) is 0 Å². The molecule has 1 N–H and O–H groups in total. The number of amides is 1. The molecule has 0 bridgehead atoms. The molecule has 0 saturated carbocycles. The summed E-state index contributed by atoms with van der Waals surface area (Å²) >= 11 is 0. The molecule has 7 heteroatoms. The van der Waals surface area contributed by atoms with Gasteiger partial charge in [0.1, 0.15) is 17.3 Å². The van der Waals surface area contributed by atoms with Crippen molar-refractivity contribution >= 4 is 23.1 Å². The second kappa shape index (κ2) is 9.79. The first-order chi connectivity index (χ1) is 16.4. The SMILES string of the molecule is COc1cccc(N2C(=O)C(=O)/C(=C(/O)c3cccc(OCC(C)C)c3)C2c2cccnc2)c1. The third kappa shape index (κ3) is 4.50. The molecule has 1 aliphatic rings. The maximum Gasteiger partial charge on any atom is 0.300 e. The number of hydrogen-bond donors (Lipinski definition) is 1. The summed E-state index contributed by atoms with van der Waals surface area (Å²) < 4.78 is 11.1. The van der Waals surface area contributed by atoms with E-state index in [0.29, 0.717) is 40.8 Å². The van der Waals surface area contributed by atoms with Gasteiger partial charge in [-0.15, -0.1) is 0 Å². The third-order valence-corrected chi connectivity index (χ3v) is 5.47. The second-order valence-corrected chi connectivity index (χ2v) is 8.39. The van der Waals surface area contributed by atoms with E-state index in [1.807, 2.05) is 13.8 Å². The van der Waals surface area contributed by atoms with Gasteiger partial charge in [0, 0.05) is 29.7 Å². The minimum Gasteiger partial charge on any atom is -0.507 e. The Labute approximate surface area is 198 Å². The quantitative estimate of drug-likeness (QED) is 0.312. The van der Waals surface area contributed by atoms with Crippen LogP contribution in [0.3, 0.4) is 0 Å². The molecular weight excluding hydrogens is 432 g/mol. The summed E-state index contributed by atoms with van der Waals surface area (Å²) in [6, 6.07) is 16.4. The van der Waals surface area contributed by atoms with Crippen molar-refractivity contribution in [1.82, 2.24) is 4.98 Å². The van der Waals surface area contributed by atoms with Crippen LogP contribution in [-0.2, 0) is 9.59 Å². The molecule has 1 saturated heterocycles. The summed E-state index contributed by atoms with van der Waals surface area (Å²) in [6.45, 7) is 4.59. The van der Waals surface area contributed by atoms with E-state index in [1.54, 1.807) is 73.1 Å². The van der Waals surface area contributed by atoms with Gasteiger partial charge in [-0.2, -0.15) is 0 Å². The molecule has 1 amide bonds. The minimum atomic E-state index is -0.860. The lowest BCUT2D eigenvalue weighted by Gasteiger charge is -2.25. The fraction of sp³-hybridized carbons (Fsp3) is 0.222. The zero-order chi connectivity index (χ0) is 24.2. The molecule has 3 aromatic rings. The highest BCUT2D eigenvalue weighted by atomic mass is 16.5. The summed E-state index contributed by atoms with van der Waals surface area (Å²) in [5.74, 6) is -0.348. The van der Waals surface area contributed by atoms with Gasteiger partial charge in [0.25, 0.3) is 11.7 Å². The summed E-state index contributed by atoms with van der Waals surface area (Å²) in [4.78, 5) is 32.0. The molecule has 2 heterocycles. The highest BCUT2D eigenvalue weighted by Gasteiger charge is 2.47. The van der Waals surface area contributed by atoms with Crippen LogP contribution in [-0.4, -0.2) is 35.5 Å². The highest BCUT2D eigenvalue weighted by Crippen LogP contribution is 2.42. The largest absolute Gasteiger partial charge is 0.507 e. The summed E-state index contributed by atoms with van der Waals surface area (Å²) in [6.07, 6.45) is 3.19. The van der Waals surface area contributed by atoms with E-state index in [9.17, 15) is 14.7 Å². The zero-order valence-electron chi connectivity index (χ0n) is 19.3. The number of carbonyl (C=O) groups is 2. The van der Waals surface area contributed by atoms with Gasteiger partial charge >= 0.3 is 0 Å². The summed E-state index contributed by atoms with van der Waals surface area (Å²) in [7, 11) is 1.53. The Balaban J connectivity index is 1.85. The van der Waals surface area contributed by atoms with Crippen LogP contribution < -0.4 is 14.4 Å². The van der Waals surface area contributed by atoms with Gasteiger partial charge in [-0.05, 0) is 41.8 Å². The van der Waals surface area contributed by atoms with E-state index in [-0.39, 0.29) is 11.3 Å². The second-order valence-electron chi connectivity index (χ2n) is 8.39. The number of benzene rings is 2. The van der Waals surface area contributed by atoms with Crippen LogP contribution in [0.4, 0.5) is 5.69 Å². The Bertz CT molecular complexity index is 1240. The Kier molecular flexibility index (Phi) is 6.63. The molecule has 0 radical (unpaired) electrons. The van der Waals surface area contributed by atoms with Crippen LogP contribution in [0.25, 0.3) is 5.76 Å². The van der Waals surface area contributed by atoms with Crippen LogP contribution in [0.5, 0.6) is 11.5 Å². The van der Waals surface area contributed by atoms with Crippen LogP contribution >= 0.6 is 0 Å². The van der Waals surface area contributed by atoms with Gasteiger partial charge in [-0.25, -0.2) is 0 Å². The smallest absolute Gasteiger partial charge is 0.300 e. The molecule has 1 aliphatic heterocycles. The molecule has 1 fully saturated rings. The van der Waals surface area contributed by atoms with Crippen molar-refractivity contribution in [1.29, 1.82) is 0 Å². The van der Waals surface area contributed by atoms with Crippen molar-refractivity contribution < 1.29 is 24.2 Å². The lowest BCUT2D eigenvalue weighted by Crippen LogP contribution is -2.29. The number of pyridine rings is 1. The van der Waals surface area contributed by atoms with Crippen molar-refractivity contribution in [2.45, 2.75) is 19.9 Å². The number of aromatic nitrogens is 1. The molecule has 34 heavy (non-hydrogen) atoms. The first-order valence-corrected chi connectivity index (χ1v) is 11.0. The molecule has 2 aromatic carbocycles. The predicted octanol–water partition coefficient (Wildman–Crippen LogP) is 4.75. The summed E-state index contributed by atoms with van der Waals surface area (Å²) in [5, 5.41) is 11.3. The standard InChI is InChI=1S/C27H26N2O5/c1-17(2)16-34-22-11-4-7-18(13-22)25(30)23-24(19-8-6-12-28-15-19)29(27(32)26(23)31)20-9-5-10-21(14-20)33-3/h4-15,17,24,30H,16H2,1-3H3/b25-23+. The first kappa shape index (κ1) is 23.0. The van der Waals surface area contributed by atoms with Crippen molar-refractivity contribution in [2.75, 3.05) is 18.6 Å². The predicted molar refractivity (Wildman–Crippen MR) is 129 cm³/mol. The number of ether oxygens (including phenoxy) is 2. The van der Waals surface area contributed by atoms with Crippen molar-refractivity contribution in [2.24, 2.45) is 5.92 Å². The fourth-order valence-corrected chi connectivity index (χ4v) is 3.86. The lowest BCUT2D eigenvalue weighted by molar-refractivity contribution is -0.132. The van der Waals surface area contributed by atoms with E-state index in [2.05, 4.69) is 4.98 Å². The average molecular weight is 459 g/mol. The van der Waals surface area contributed by atoms with E-state index < -0.39 is 17.7 Å². The zero-order valence-corrected chi connectivity index (χ0v) is 19.3. The third-order valence-electron chi connectivity index (χ3n) is 5.47. The van der Waals surface area contributed by atoms with Gasteiger partial charge in [-0.3, -0.25) is 19.5 Å². The van der Waals surface area contributed by atoms with Crippen LogP contribution in [0.1, 0.15) is 31.0 Å². The van der Waals surface area contributed by atoms with Crippen LogP contribution in [0.15, 0.2) is 78.6 Å². The maximum absolute atomic E-state index is 13.2. The Morgan fingerprint density at radius 2 is 1.82 bits per heavy atom. The Morgan fingerprint density at radius 3 is 2.53 bits per heavy atom. The Morgan fingerprint density at radius 1 is 1.06 bits per heavy atom. The number of nitrogens with zero attached hydrogens (tertiary/aromatic N) is 2. The van der Waals surface area contributed by atoms with Gasteiger partial charge in [0.15, 0.2) is 0 Å². The molecule has 4 rings (SSSR count). The number of anilines is 1. The van der Waals surface area contributed by atoms with Gasteiger partial charge in [-0.1, -0.05) is 38.1 Å². The number of rotatable bonds is 7. The highest BCUT2D eigenvalue weighted by molar-refractivity contribution is 6.51. The average Bonchev–Trinajstić information content (AvgIpc) is 3.13. The molecule has 1 aromatic heterocycles. The molecule has 1 unspecified atom stereocenters. The molecular formula is C27H26N2O5. The van der Waals surface area contributed by atoms with Gasteiger partial charge in [0.2, 0.25) is 0 Å². The molecule has 0 aliphatic carbocycles. The number of Topliss-reactive ketones (excluding diaryl/α,β-unsaturated/α-hetero) is 1. The first-order valence-electron chi connectivity index (χ1n) is 11.0. The Hall–Kier alpha value is -4.13. The number of aliphatic hydroxyl groups is 1. The number of aliphatic hydroxyl groups excluding tert-OH is 1. The number of carbonyl (C=O) groups excluding carboxylic acids is 2. The topological polar surface area (TPSA) is 89.0 Å². The normalized spacial score (nSPS) is 17.3. The van der Waals surface area contributed by atoms with E-state index in [1.165, 1.54) is 12.0 Å². The van der Waals surface area contributed by atoms with Gasteiger partial charge in [0.05, 0.1) is 25.3 Å². The maximum atomic E-state index is 13.2. The lowest BCUT2D eigenvalue weighted by atomic mass is 9.96. The molecule has 174 valence electrons. The molecule has 7 nitrogen and oxygen atoms in total. The van der Waals surface area contributed by atoms with Crippen molar-refractivity contribution in [3.8, 4) is 11.5 Å². The fourth-order valence-electron chi connectivity index (χ4n) is 3.86. The van der Waals surface area contributed by atoms with E-state index >= 15 is 0 Å². The van der Waals surface area contributed by atoms with Crippen molar-refractivity contribution in [3.05, 3.63) is 89.8 Å². The number of hydrogen-bond acceptors (Lipinski definition) is 6. The molecule has 0 spiro atoms. The number of methoxy groups -OCH3 is 1. The number of ketones is 1. The monoisotopic (exact) mass is 458 g/mol. The molecule has 1 atom stereocenters. The van der Waals surface area contributed by atoms with Crippen LogP contribution in [0, 0.1) is 5.92 Å². The van der Waals surface area contributed by atoms with E-state index in [0.717, 1.165) is 0 Å². The summed E-state index contributed by atoms with van der Waals surface area (Å²) in [5.41, 5.74) is 1.45. The van der Waals surface area contributed by atoms with E-state index in [4.69, 9.17) is 9.47 Å². The van der Waals surface area contributed by atoms with Gasteiger partial charge < -0.3 is 14.6 Å².